The first-order valence-electron chi connectivity index (χ1n) is 7.57. The van der Waals surface area contributed by atoms with Crippen LogP contribution in [0.25, 0.3) is 0 Å². The lowest BCUT2D eigenvalue weighted by Crippen LogP contribution is -2.42. The molecule has 0 bridgehead atoms. The van der Waals surface area contributed by atoms with Gasteiger partial charge in [0.15, 0.2) is 11.5 Å². The predicted molar refractivity (Wildman–Crippen MR) is 90.4 cm³/mol. The molecule has 2 rings (SSSR count). The van der Waals surface area contributed by atoms with Crippen LogP contribution in [-0.4, -0.2) is 42.4 Å². The fraction of sp³-hybridized carbons (Fsp3) is 0.353. The first-order valence-corrected chi connectivity index (χ1v) is 7.57. The van der Waals surface area contributed by atoms with E-state index in [0.717, 1.165) is 5.01 Å². The van der Waals surface area contributed by atoms with Crippen molar-refractivity contribution in [1.82, 2.24) is 10.3 Å². The summed E-state index contributed by atoms with van der Waals surface area (Å²) in [7, 11) is 1.53. The van der Waals surface area contributed by atoms with Crippen LogP contribution in [0.1, 0.15) is 25.8 Å². The maximum absolute atomic E-state index is 12.3. The Morgan fingerprint density at radius 2 is 2.12 bits per heavy atom. The van der Waals surface area contributed by atoms with Gasteiger partial charge in [-0.15, -0.1) is 5.01 Å². The highest BCUT2D eigenvalue weighted by atomic mass is 16.5. The summed E-state index contributed by atoms with van der Waals surface area (Å²) >= 11 is 0. The number of hydrogen-bond donors (Lipinski definition) is 1. The Hall–Kier alpha value is -2.83. The van der Waals surface area contributed by atoms with Crippen LogP contribution in [0.15, 0.2) is 36.0 Å². The molecule has 1 aliphatic heterocycles. The molecule has 1 aliphatic rings. The van der Waals surface area contributed by atoms with Gasteiger partial charge in [0.05, 0.1) is 13.3 Å². The van der Waals surface area contributed by atoms with Gasteiger partial charge in [-0.1, -0.05) is 19.6 Å². The molecule has 1 atom stereocenters. The van der Waals surface area contributed by atoms with Crippen LogP contribution >= 0.6 is 0 Å². The number of methoxy groups -OCH3 is 1. The first kappa shape index (κ1) is 17.5. The van der Waals surface area contributed by atoms with E-state index in [1.807, 2.05) is 6.92 Å². The van der Waals surface area contributed by atoms with Gasteiger partial charge >= 0.3 is 6.03 Å². The van der Waals surface area contributed by atoms with Gasteiger partial charge in [0.2, 0.25) is 0 Å². The summed E-state index contributed by atoms with van der Waals surface area (Å²) in [6.07, 6.45) is 3.56. The van der Waals surface area contributed by atoms with Crippen molar-refractivity contribution in [2.24, 2.45) is 5.10 Å². The maximum atomic E-state index is 12.3. The highest BCUT2D eigenvalue weighted by Gasteiger charge is 2.46. The van der Waals surface area contributed by atoms with Gasteiger partial charge in [-0.3, -0.25) is 4.79 Å². The molecule has 3 amide bonds. The Labute approximate surface area is 140 Å². The van der Waals surface area contributed by atoms with E-state index in [1.54, 1.807) is 31.2 Å². The molecule has 1 N–H and O–H groups in total. The molecule has 24 heavy (non-hydrogen) atoms. The molecule has 0 aliphatic carbocycles. The number of carbonyl (C=O) groups excluding carboxylic acids is 2. The van der Waals surface area contributed by atoms with Gasteiger partial charge in [-0.25, -0.2) is 4.79 Å². The lowest BCUT2D eigenvalue weighted by Gasteiger charge is -2.17. The fourth-order valence-electron chi connectivity index (χ4n) is 2.17. The molecular formula is C17H21N3O4. The Morgan fingerprint density at radius 1 is 1.38 bits per heavy atom. The van der Waals surface area contributed by atoms with Crippen LogP contribution < -0.4 is 14.8 Å². The van der Waals surface area contributed by atoms with Gasteiger partial charge < -0.3 is 14.8 Å². The first-order chi connectivity index (χ1) is 11.4. The zero-order valence-corrected chi connectivity index (χ0v) is 14.0. The average Bonchev–Trinajstić information content (AvgIpc) is 2.81. The molecule has 1 saturated heterocycles. The van der Waals surface area contributed by atoms with Crippen molar-refractivity contribution in [2.75, 3.05) is 13.7 Å². The fourth-order valence-corrected chi connectivity index (χ4v) is 2.17. The van der Waals surface area contributed by atoms with Gasteiger partial charge in [-0.05, 0) is 37.1 Å². The summed E-state index contributed by atoms with van der Waals surface area (Å²) in [6, 6.07) is 4.66. The lowest BCUT2D eigenvalue weighted by molar-refractivity contribution is -0.130. The van der Waals surface area contributed by atoms with Gasteiger partial charge in [-0.2, -0.15) is 5.10 Å². The highest BCUT2D eigenvalue weighted by molar-refractivity contribution is 6.07. The van der Waals surface area contributed by atoms with Crippen LogP contribution in [-0.2, 0) is 4.79 Å². The summed E-state index contributed by atoms with van der Waals surface area (Å²) in [6.45, 7) is 7.47. The zero-order valence-electron chi connectivity index (χ0n) is 14.0. The third kappa shape index (κ3) is 3.40. The molecule has 0 radical (unpaired) electrons. The molecule has 7 nitrogen and oxygen atoms in total. The molecule has 7 heteroatoms. The topological polar surface area (TPSA) is 80.2 Å². The number of amides is 3. The number of hydrogen-bond acceptors (Lipinski definition) is 5. The van der Waals surface area contributed by atoms with E-state index in [1.165, 1.54) is 13.3 Å². The van der Waals surface area contributed by atoms with E-state index in [0.29, 0.717) is 30.1 Å². The molecule has 128 valence electrons. The number of rotatable bonds is 7. The van der Waals surface area contributed by atoms with Gasteiger partial charge in [0, 0.05) is 0 Å². The van der Waals surface area contributed by atoms with Crippen LogP contribution in [0.3, 0.4) is 0 Å². The van der Waals surface area contributed by atoms with Crippen LogP contribution in [0.4, 0.5) is 4.79 Å². The van der Waals surface area contributed by atoms with Crippen molar-refractivity contribution in [3.05, 3.63) is 36.4 Å². The molecule has 0 spiro atoms. The van der Waals surface area contributed by atoms with Gasteiger partial charge in [0.1, 0.15) is 12.1 Å². The minimum atomic E-state index is -0.908. The molecule has 0 unspecified atom stereocenters. The van der Waals surface area contributed by atoms with E-state index in [9.17, 15) is 9.59 Å². The summed E-state index contributed by atoms with van der Waals surface area (Å²) in [5, 5.41) is 7.49. The largest absolute Gasteiger partial charge is 0.493 e. The SMILES string of the molecule is C=CCOc1ccc(/C=N\N2C(=O)N[C@@](C)(CC)C2=O)cc1OC. The standard InChI is InChI=1S/C17H21N3O4/c1-5-9-24-13-8-7-12(10-14(13)23-4)11-18-20-15(21)17(3,6-2)19-16(20)22/h5,7-8,10-11H,1,6,9H2,2-4H3,(H,19,22)/b18-11-/t17-/m0/s1. The summed E-state index contributed by atoms with van der Waals surface area (Å²) < 4.78 is 10.7. The Kier molecular flexibility index (Phi) is 5.23. The van der Waals surface area contributed by atoms with E-state index in [4.69, 9.17) is 9.47 Å². The lowest BCUT2D eigenvalue weighted by atomic mass is 10.00. The Balaban J connectivity index is 2.19. The summed E-state index contributed by atoms with van der Waals surface area (Å²) in [5.74, 6) is 0.726. The number of nitrogens with one attached hydrogen (secondary N) is 1. The molecule has 1 heterocycles. The third-order valence-corrected chi connectivity index (χ3v) is 3.81. The van der Waals surface area contributed by atoms with Crippen LogP contribution in [0, 0.1) is 0 Å². The van der Waals surface area contributed by atoms with Crippen molar-refractivity contribution in [2.45, 2.75) is 25.8 Å². The number of ether oxygens (including phenoxy) is 2. The van der Waals surface area contributed by atoms with Crippen molar-refractivity contribution < 1.29 is 19.1 Å². The predicted octanol–water partition coefficient (Wildman–Crippen LogP) is 2.31. The molecule has 1 aromatic carbocycles. The number of nitrogens with zero attached hydrogens (tertiary/aromatic N) is 2. The quantitative estimate of drug-likeness (QED) is 0.472. The number of imide groups is 1. The molecule has 0 saturated carbocycles. The maximum Gasteiger partial charge on any atom is 0.346 e. The number of carbonyl (C=O) groups is 2. The second kappa shape index (κ2) is 7.16. The van der Waals surface area contributed by atoms with Crippen LogP contribution in [0.5, 0.6) is 11.5 Å². The number of hydrazone groups is 1. The minimum absolute atomic E-state index is 0.363. The molecule has 0 aromatic heterocycles. The van der Waals surface area contributed by atoms with Crippen molar-refractivity contribution >= 4 is 18.2 Å². The monoisotopic (exact) mass is 331 g/mol. The van der Waals surface area contributed by atoms with E-state index < -0.39 is 11.6 Å². The van der Waals surface area contributed by atoms with E-state index in [-0.39, 0.29) is 5.91 Å². The van der Waals surface area contributed by atoms with Gasteiger partial charge in [0.25, 0.3) is 5.91 Å². The van der Waals surface area contributed by atoms with Crippen molar-refractivity contribution in [3.8, 4) is 11.5 Å². The second-order valence-corrected chi connectivity index (χ2v) is 5.49. The zero-order chi connectivity index (χ0) is 17.7. The smallest absolute Gasteiger partial charge is 0.346 e. The molecule has 1 fully saturated rings. The number of urea groups is 1. The summed E-state index contributed by atoms with van der Waals surface area (Å²) in [5.41, 5.74) is -0.238. The second-order valence-electron chi connectivity index (χ2n) is 5.49. The normalized spacial score (nSPS) is 20.4. The number of benzene rings is 1. The van der Waals surface area contributed by atoms with Crippen LogP contribution in [0.2, 0.25) is 0 Å². The molecule has 1 aromatic rings. The highest BCUT2D eigenvalue weighted by Crippen LogP contribution is 2.28. The van der Waals surface area contributed by atoms with Crippen molar-refractivity contribution in [1.29, 1.82) is 0 Å². The Bertz CT molecular complexity index is 686. The average molecular weight is 331 g/mol. The van der Waals surface area contributed by atoms with E-state index in [2.05, 4.69) is 17.0 Å². The summed E-state index contributed by atoms with van der Waals surface area (Å²) in [4.78, 5) is 24.2. The Morgan fingerprint density at radius 3 is 2.71 bits per heavy atom. The van der Waals surface area contributed by atoms with Crippen molar-refractivity contribution in [3.63, 3.8) is 0 Å². The minimum Gasteiger partial charge on any atom is -0.493 e. The van der Waals surface area contributed by atoms with E-state index >= 15 is 0 Å². The third-order valence-electron chi connectivity index (χ3n) is 3.81. The molecular weight excluding hydrogens is 310 g/mol.